The number of amides is 2. The van der Waals surface area contributed by atoms with Crippen molar-refractivity contribution in [3.05, 3.63) is 52.2 Å². The van der Waals surface area contributed by atoms with Crippen molar-refractivity contribution in [2.75, 3.05) is 11.9 Å². The molecule has 1 atom stereocenters. The van der Waals surface area contributed by atoms with Crippen molar-refractivity contribution in [2.24, 2.45) is 5.92 Å². The van der Waals surface area contributed by atoms with Crippen LogP contribution in [0.15, 0.2) is 35.7 Å². The molecule has 0 saturated heterocycles. The number of benzene rings is 1. The van der Waals surface area contributed by atoms with Gasteiger partial charge in [-0.3, -0.25) is 9.59 Å². The van der Waals surface area contributed by atoms with Crippen molar-refractivity contribution in [2.45, 2.75) is 19.9 Å². The van der Waals surface area contributed by atoms with Gasteiger partial charge in [-0.05, 0) is 29.5 Å². The van der Waals surface area contributed by atoms with E-state index < -0.39 is 42.1 Å². The van der Waals surface area contributed by atoms with Gasteiger partial charge < -0.3 is 15.4 Å². The van der Waals surface area contributed by atoms with Crippen LogP contribution in [0.25, 0.3) is 0 Å². The minimum absolute atomic E-state index is 0.287. The summed E-state index contributed by atoms with van der Waals surface area (Å²) in [7, 11) is 0. The van der Waals surface area contributed by atoms with Crippen molar-refractivity contribution in [3.8, 4) is 0 Å². The molecule has 144 valence electrons. The van der Waals surface area contributed by atoms with E-state index >= 15 is 0 Å². The number of esters is 1. The van der Waals surface area contributed by atoms with Gasteiger partial charge in [-0.15, -0.1) is 11.3 Å². The molecule has 0 spiro atoms. The highest BCUT2D eigenvalue weighted by Gasteiger charge is 2.27. The molecule has 6 nitrogen and oxygen atoms in total. The third-order valence-electron chi connectivity index (χ3n) is 3.50. The third kappa shape index (κ3) is 5.85. The van der Waals surface area contributed by atoms with Crippen LogP contribution >= 0.6 is 11.3 Å². The Hall–Kier alpha value is -2.81. The maximum absolute atomic E-state index is 13.5. The second-order valence-corrected chi connectivity index (χ2v) is 6.90. The average molecular weight is 396 g/mol. The monoisotopic (exact) mass is 396 g/mol. The van der Waals surface area contributed by atoms with Gasteiger partial charge in [0.2, 0.25) is 0 Å². The zero-order valence-electron chi connectivity index (χ0n) is 14.6. The van der Waals surface area contributed by atoms with Crippen LogP contribution in [0.3, 0.4) is 0 Å². The van der Waals surface area contributed by atoms with E-state index in [0.29, 0.717) is 4.88 Å². The molecule has 0 saturated carbocycles. The largest absolute Gasteiger partial charge is 0.454 e. The molecule has 0 aliphatic rings. The number of anilines is 1. The summed E-state index contributed by atoms with van der Waals surface area (Å²) in [6.07, 6.45) is 0. The summed E-state index contributed by atoms with van der Waals surface area (Å²) >= 11 is 1.22. The Morgan fingerprint density at radius 3 is 2.56 bits per heavy atom. The van der Waals surface area contributed by atoms with E-state index in [4.69, 9.17) is 4.74 Å². The number of rotatable bonds is 7. The normalized spacial score (nSPS) is 11.7. The van der Waals surface area contributed by atoms with Gasteiger partial charge in [0.25, 0.3) is 11.8 Å². The second-order valence-electron chi connectivity index (χ2n) is 5.95. The maximum atomic E-state index is 13.5. The van der Waals surface area contributed by atoms with Gasteiger partial charge in [0.05, 0.1) is 10.6 Å². The molecule has 9 heteroatoms. The molecule has 1 heterocycles. The predicted molar refractivity (Wildman–Crippen MR) is 96.4 cm³/mol. The zero-order valence-corrected chi connectivity index (χ0v) is 15.4. The molecule has 0 bridgehead atoms. The topological polar surface area (TPSA) is 84.5 Å². The SMILES string of the molecule is CC(C)[C@H](NC(=O)c1cccs1)C(=O)OCC(=O)Nc1cc(F)ccc1F. The van der Waals surface area contributed by atoms with Crippen molar-refractivity contribution >= 4 is 34.8 Å². The second kappa shape index (κ2) is 9.22. The zero-order chi connectivity index (χ0) is 20.0. The highest BCUT2D eigenvalue weighted by atomic mass is 32.1. The average Bonchev–Trinajstić information content (AvgIpc) is 3.15. The van der Waals surface area contributed by atoms with Gasteiger partial charge in [-0.25, -0.2) is 13.6 Å². The Kier molecular flexibility index (Phi) is 7.00. The molecule has 2 aromatic rings. The molecule has 27 heavy (non-hydrogen) atoms. The highest BCUT2D eigenvalue weighted by molar-refractivity contribution is 7.12. The van der Waals surface area contributed by atoms with Crippen molar-refractivity contribution in [1.82, 2.24) is 5.32 Å². The summed E-state index contributed by atoms with van der Waals surface area (Å²) in [4.78, 5) is 36.6. The van der Waals surface area contributed by atoms with Crippen LogP contribution in [0, 0.1) is 17.6 Å². The molecule has 0 aliphatic carbocycles. The molecule has 0 radical (unpaired) electrons. The summed E-state index contributed by atoms with van der Waals surface area (Å²) in [6.45, 7) is 2.72. The molecular formula is C18H18F2N2O4S. The van der Waals surface area contributed by atoms with E-state index in [1.165, 1.54) is 11.3 Å². The van der Waals surface area contributed by atoms with Gasteiger partial charge in [-0.1, -0.05) is 19.9 Å². The first-order chi connectivity index (χ1) is 12.8. The summed E-state index contributed by atoms with van der Waals surface area (Å²) in [5.74, 6) is -3.89. The van der Waals surface area contributed by atoms with Gasteiger partial charge >= 0.3 is 5.97 Å². The van der Waals surface area contributed by atoms with E-state index in [-0.39, 0.29) is 11.6 Å². The van der Waals surface area contributed by atoms with E-state index in [1.54, 1.807) is 31.4 Å². The van der Waals surface area contributed by atoms with Crippen LogP contribution in [0.2, 0.25) is 0 Å². The fourth-order valence-corrected chi connectivity index (χ4v) is 2.75. The first kappa shape index (κ1) is 20.5. The number of hydrogen-bond donors (Lipinski definition) is 2. The predicted octanol–water partition coefficient (Wildman–Crippen LogP) is 2.96. The van der Waals surface area contributed by atoms with E-state index in [1.807, 2.05) is 0 Å². The molecule has 1 aromatic heterocycles. The Bertz CT molecular complexity index is 825. The van der Waals surface area contributed by atoms with Crippen molar-refractivity contribution in [1.29, 1.82) is 0 Å². The van der Waals surface area contributed by atoms with Crippen LogP contribution in [0.1, 0.15) is 23.5 Å². The molecule has 2 amide bonds. The summed E-state index contributed by atoms with van der Waals surface area (Å²) in [5.41, 5.74) is -0.359. The molecule has 0 aliphatic heterocycles. The lowest BCUT2D eigenvalue weighted by Crippen LogP contribution is -2.45. The molecule has 0 unspecified atom stereocenters. The van der Waals surface area contributed by atoms with Gasteiger partial charge in [-0.2, -0.15) is 0 Å². The summed E-state index contributed by atoms with van der Waals surface area (Å²) in [5, 5.41) is 6.41. The van der Waals surface area contributed by atoms with E-state index in [0.717, 1.165) is 18.2 Å². The minimum atomic E-state index is -0.960. The Balaban J connectivity index is 1.92. The fourth-order valence-electron chi connectivity index (χ4n) is 2.12. The number of halogens is 2. The lowest BCUT2D eigenvalue weighted by Gasteiger charge is -2.20. The van der Waals surface area contributed by atoms with Crippen LogP contribution in [-0.4, -0.2) is 30.4 Å². The molecular weight excluding hydrogens is 378 g/mol. The number of thiophene rings is 1. The first-order valence-electron chi connectivity index (χ1n) is 8.04. The van der Waals surface area contributed by atoms with Crippen LogP contribution in [-0.2, 0) is 14.3 Å². The quantitative estimate of drug-likeness (QED) is 0.705. The van der Waals surface area contributed by atoms with Crippen molar-refractivity contribution < 1.29 is 27.9 Å². The Morgan fingerprint density at radius 2 is 1.93 bits per heavy atom. The number of carbonyl (C=O) groups is 3. The van der Waals surface area contributed by atoms with Crippen molar-refractivity contribution in [3.63, 3.8) is 0 Å². The number of nitrogens with one attached hydrogen (secondary N) is 2. The maximum Gasteiger partial charge on any atom is 0.329 e. The lowest BCUT2D eigenvalue weighted by atomic mass is 10.0. The van der Waals surface area contributed by atoms with Crippen LogP contribution < -0.4 is 10.6 Å². The molecule has 1 aromatic carbocycles. The number of ether oxygens (including phenoxy) is 1. The Morgan fingerprint density at radius 1 is 1.19 bits per heavy atom. The third-order valence-corrected chi connectivity index (χ3v) is 4.37. The summed E-state index contributed by atoms with van der Waals surface area (Å²) < 4.78 is 31.5. The number of carbonyl (C=O) groups excluding carboxylic acids is 3. The highest BCUT2D eigenvalue weighted by Crippen LogP contribution is 2.15. The lowest BCUT2D eigenvalue weighted by molar-refractivity contribution is -0.150. The molecule has 0 fully saturated rings. The first-order valence-corrected chi connectivity index (χ1v) is 8.91. The van der Waals surface area contributed by atoms with Crippen LogP contribution in [0.5, 0.6) is 0 Å². The smallest absolute Gasteiger partial charge is 0.329 e. The van der Waals surface area contributed by atoms with Gasteiger partial charge in [0.15, 0.2) is 6.61 Å². The summed E-state index contributed by atoms with van der Waals surface area (Å²) in [6, 6.07) is 4.95. The minimum Gasteiger partial charge on any atom is -0.454 e. The van der Waals surface area contributed by atoms with Gasteiger partial charge in [0, 0.05) is 6.07 Å². The number of hydrogen-bond acceptors (Lipinski definition) is 5. The van der Waals surface area contributed by atoms with Crippen LogP contribution in [0.4, 0.5) is 14.5 Å². The molecule has 2 N–H and O–H groups in total. The van der Waals surface area contributed by atoms with E-state index in [2.05, 4.69) is 10.6 Å². The fraction of sp³-hybridized carbons (Fsp3) is 0.278. The van der Waals surface area contributed by atoms with Gasteiger partial charge in [0.1, 0.15) is 17.7 Å². The van der Waals surface area contributed by atoms with E-state index in [9.17, 15) is 23.2 Å². The molecule has 2 rings (SSSR count). The standard InChI is InChI=1S/C18H18F2N2O4S/c1-10(2)16(22-17(24)14-4-3-7-27-14)18(25)26-9-15(23)21-13-8-11(19)5-6-12(13)20/h3-8,10,16H,9H2,1-2H3,(H,21,23)(H,22,24)/t16-/m0/s1. The Labute approximate surface area is 158 Å².